The first-order valence-electron chi connectivity index (χ1n) is 8.36. The van der Waals surface area contributed by atoms with Crippen molar-refractivity contribution in [3.05, 3.63) is 57.6 Å². The monoisotopic (exact) mass is 426 g/mol. The van der Waals surface area contributed by atoms with Gasteiger partial charge in [-0.3, -0.25) is 0 Å². The quantitative estimate of drug-likeness (QED) is 0.360. The van der Waals surface area contributed by atoms with E-state index in [0.29, 0.717) is 9.79 Å². The van der Waals surface area contributed by atoms with Crippen molar-refractivity contribution in [1.82, 2.24) is 0 Å². The lowest BCUT2D eigenvalue weighted by molar-refractivity contribution is -0.138. The van der Waals surface area contributed by atoms with Crippen molar-refractivity contribution < 1.29 is 26.3 Å². The molecule has 2 rings (SSSR count). The molecule has 0 radical (unpaired) electrons. The van der Waals surface area contributed by atoms with E-state index in [4.69, 9.17) is 0 Å². The fourth-order valence-corrected chi connectivity index (χ4v) is 3.96. The van der Waals surface area contributed by atoms with Crippen LogP contribution in [0.1, 0.15) is 47.2 Å². The molecule has 0 heterocycles. The second-order valence-corrected chi connectivity index (χ2v) is 7.15. The molecule has 0 unspecified atom stereocenters. The van der Waals surface area contributed by atoms with Crippen LogP contribution in [0.2, 0.25) is 0 Å². The van der Waals surface area contributed by atoms with Gasteiger partial charge in [0.05, 0.1) is 11.1 Å². The van der Waals surface area contributed by atoms with Gasteiger partial charge in [0.25, 0.3) is 0 Å². The Labute approximate surface area is 169 Å². The van der Waals surface area contributed by atoms with Crippen molar-refractivity contribution >= 4 is 11.8 Å². The Morgan fingerprint density at radius 2 is 1.00 bits per heavy atom. The summed E-state index contributed by atoms with van der Waals surface area (Å²) in [5.74, 6) is 10.6. The highest BCUT2D eigenvalue weighted by Crippen LogP contribution is 2.41. The van der Waals surface area contributed by atoms with Crippen molar-refractivity contribution in [2.75, 3.05) is 0 Å². The zero-order valence-electron chi connectivity index (χ0n) is 16.0. The minimum atomic E-state index is -4.53. The smallest absolute Gasteiger partial charge is 0.166 e. The van der Waals surface area contributed by atoms with Gasteiger partial charge in [-0.1, -0.05) is 23.6 Å². The molecular weight excluding hydrogens is 410 g/mol. The van der Waals surface area contributed by atoms with Gasteiger partial charge >= 0.3 is 12.4 Å². The third-order valence-corrected chi connectivity index (χ3v) is 5.30. The maximum absolute atomic E-state index is 13.2. The van der Waals surface area contributed by atoms with E-state index in [9.17, 15) is 26.3 Å². The zero-order chi connectivity index (χ0) is 22.0. The SMILES string of the molecule is CC#Cc1c(Sc2ccc(C(F)(F)F)c(C)c2C#CC)ccc(C(F)(F)F)c1C. The molecule has 0 spiro atoms. The lowest BCUT2D eigenvalue weighted by Gasteiger charge is -2.17. The zero-order valence-corrected chi connectivity index (χ0v) is 16.8. The first-order valence-corrected chi connectivity index (χ1v) is 9.18. The number of hydrogen-bond acceptors (Lipinski definition) is 1. The Kier molecular flexibility index (Phi) is 6.65. The number of hydrogen-bond donors (Lipinski definition) is 0. The van der Waals surface area contributed by atoms with Crippen molar-refractivity contribution in [2.45, 2.75) is 49.8 Å². The van der Waals surface area contributed by atoms with E-state index in [1.54, 1.807) is 0 Å². The summed E-state index contributed by atoms with van der Waals surface area (Å²) in [7, 11) is 0. The highest BCUT2D eigenvalue weighted by atomic mass is 32.2. The molecule has 2 aromatic rings. The highest BCUT2D eigenvalue weighted by molar-refractivity contribution is 7.99. The fourth-order valence-electron chi connectivity index (χ4n) is 2.84. The van der Waals surface area contributed by atoms with Gasteiger partial charge in [-0.25, -0.2) is 0 Å². The van der Waals surface area contributed by atoms with Crippen molar-refractivity contribution in [3.8, 4) is 23.7 Å². The van der Waals surface area contributed by atoms with E-state index in [-0.39, 0.29) is 22.3 Å². The van der Waals surface area contributed by atoms with Crippen LogP contribution in [0.25, 0.3) is 0 Å². The molecule has 7 heteroatoms. The summed E-state index contributed by atoms with van der Waals surface area (Å²) < 4.78 is 79.3. The van der Waals surface area contributed by atoms with Crippen molar-refractivity contribution in [1.29, 1.82) is 0 Å². The number of rotatable bonds is 2. The molecule has 0 N–H and O–H groups in total. The molecular formula is C22H16F6S. The van der Waals surface area contributed by atoms with Crippen LogP contribution in [-0.2, 0) is 12.4 Å². The van der Waals surface area contributed by atoms with Gasteiger partial charge in [0.15, 0.2) is 0 Å². The topological polar surface area (TPSA) is 0 Å². The van der Waals surface area contributed by atoms with Crippen molar-refractivity contribution in [2.24, 2.45) is 0 Å². The summed E-state index contributed by atoms with van der Waals surface area (Å²) in [5, 5.41) is 0. The van der Waals surface area contributed by atoms with Gasteiger partial charge < -0.3 is 0 Å². The van der Waals surface area contributed by atoms with E-state index in [1.807, 2.05) is 0 Å². The molecule has 0 aliphatic carbocycles. The molecule has 0 aliphatic heterocycles. The first kappa shape index (κ1) is 22.8. The van der Waals surface area contributed by atoms with Crippen LogP contribution in [0.15, 0.2) is 34.1 Å². The van der Waals surface area contributed by atoms with E-state index in [0.717, 1.165) is 23.9 Å². The summed E-state index contributed by atoms with van der Waals surface area (Å²) in [5.41, 5.74) is -1.25. The molecule has 0 fully saturated rings. The minimum absolute atomic E-state index is 0.0244. The lowest BCUT2D eigenvalue weighted by Crippen LogP contribution is -2.10. The lowest BCUT2D eigenvalue weighted by atomic mass is 10.0. The van der Waals surface area contributed by atoms with Crippen LogP contribution in [0.3, 0.4) is 0 Å². The first-order chi connectivity index (χ1) is 13.4. The predicted molar refractivity (Wildman–Crippen MR) is 102 cm³/mol. The largest absolute Gasteiger partial charge is 0.416 e. The molecule has 0 saturated heterocycles. The van der Waals surface area contributed by atoms with Crippen molar-refractivity contribution in [3.63, 3.8) is 0 Å². The molecule has 0 bridgehead atoms. The average Bonchev–Trinajstić information content (AvgIpc) is 2.59. The Bertz CT molecular complexity index is 968. The van der Waals surface area contributed by atoms with Gasteiger partial charge in [-0.05, 0) is 63.1 Å². The van der Waals surface area contributed by atoms with Crippen LogP contribution in [-0.4, -0.2) is 0 Å². The third-order valence-electron chi connectivity index (χ3n) is 4.18. The van der Waals surface area contributed by atoms with Gasteiger partial charge in [0.1, 0.15) is 0 Å². The third kappa shape index (κ3) is 4.92. The Morgan fingerprint density at radius 1 is 0.655 bits per heavy atom. The average molecular weight is 426 g/mol. The normalized spacial score (nSPS) is 11.4. The molecule has 2 aromatic carbocycles. The fraction of sp³-hybridized carbons (Fsp3) is 0.273. The molecule has 0 aliphatic rings. The van der Waals surface area contributed by atoms with Gasteiger partial charge in [0, 0.05) is 20.9 Å². The summed E-state index contributed by atoms with van der Waals surface area (Å²) >= 11 is 1.05. The van der Waals surface area contributed by atoms with E-state index in [2.05, 4.69) is 23.7 Å². The highest BCUT2D eigenvalue weighted by Gasteiger charge is 2.35. The Hall–Kier alpha value is -2.51. The van der Waals surface area contributed by atoms with Gasteiger partial charge in [-0.2, -0.15) is 26.3 Å². The summed E-state index contributed by atoms with van der Waals surface area (Å²) in [6.45, 7) is 5.67. The van der Waals surface area contributed by atoms with Crippen LogP contribution >= 0.6 is 11.8 Å². The molecule has 0 aromatic heterocycles. The van der Waals surface area contributed by atoms with E-state index in [1.165, 1.54) is 39.8 Å². The molecule has 0 nitrogen and oxygen atoms in total. The molecule has 0 amide bonds. The van der Waals surface area contributed by atoms with Gasteiger partial charge in [0.2, 0.25) is 0 Å². The number of alkyl halides is 6. The second kappa shape index (κ2) is 8.47. The molecule has 0 atom stereocenters. The number of halogens is 6. The van der Waals surface area contributed by atoms with Crippen LogP contribution < -0.4 is 0 Å². The summed E-state index contributed by atoms with van der Waals surface area (Å²) in [4.78, 5) is 0.839. The maximum Gasteiger partial charge on any atom is 0.416 e. The standard InChI is InChI=1S/C22H16F6S/c1-5-7-15-13(3)17(21(23,24)25)9-11-19(15)29-20-12-10-18(22(26,27)28)14(4)16(20)8-6-2/h9-12H,1-4H3. The summed E-state index contributed by atoms with van der Waals surface area (Å²) in [6.07, 6.45) is -9.05. The Morgan fingerprint density at radius 3 is 1.28 bits per heavy atom. The van der Waals surface area contributed by atoms with E-state index < -0.39 is 23.5 Å². The van der Waals surface area contributed by atoms with Gasteiger partial charge in [-0.15, -0.1) is 11.8 Å². The molecule has 152 valence electrons. The maximum atomic E-state index is 13.2. The van der Waals surface area contributed by atoms with E-state index >= 15 is 0 Å². The Balaban J connectivity index is 2.67. The minimum Gasteiger partial charge on any atom is -0.166 e. The second-order valence-electron chi connectivity index (χ2n) is 6.07. The predicted octanol–water partition coefficient (Wildman–Crippen LogP) is 7.24. The molecule has 0 saturated carbocycles. The van der Waals surface area contributed by atoms with Crippen LogP contribution in [0.4, 0.5) is 26.3 Å². The van der Waals surface area contributed by atoms with Crippen LogP contribution in [0, 0.1) is 37.5 Å². The van der Waals surface area contributed by atoms with Crippen LogP contribution in [0.5, 0.6) is 0 Å². The number of benzene rings is 2. The summed E-state index contributed by atoms with van der Waals surface area (Å²) in [6, 6.07) is 4.49. The molecule has 29 heavy (non-hydrogen) atoms.